The van der Waals surface area contributed by atoms with E-state index in [1.807, 2.05) is 18.2 Å². The van der Waals surface area contributed by atoms with E-state index < -0.39 is 0 Å². The minimum Gasteiger partial charge on any atom is -0.302 e. The summed E-state index contributed by atoms with van der Waals surface area (Å²) in [6.07, 6.45) is 1.14. The fraction of sp³-hybridized carbons (Fsp3) is 0.208. The summed E-state index contributed by atoms with van der Waals surface area (Å²) >= 11 is 0. The van der Waals surface area contributed by atoms with E-state index >= 15 is 0 Å². The first-order valence-electron chi connectivity index (χ1n) is 9.11. The monoisotopic (exact) mass is 338 g/mol. The van der Waals surface area contributed by atoms with Crippen molar-refractivity contribution in [3.63, 3.8) is 0 Å². The van der Waals surface area contributed by atoms with Crippen LogP contribution in [0, 0.1) is 11.3 Å². The van der Waals surface area contributed by atoms with E-state index in [0.29, 0.717) is 11.5 Å². The molecule has 0 saturated heterocycles. The lowest BCUT2D eigenvalue weighted by atomic mass is 9.85. The highest BCUT2D eigenvalue weighted by Crippen LogP contribution is 2.35. The summed E-state index contributed by atoms with van der Waals surface area (Å²) in [6, 6.07) is 27.7. The first-order valence-corrected chi connectivity index (χ1v) is 9.11. The fourth-order valence-corrected chi connectivity index (χ4v) is 3.94. The van der Waals surface area contributed by atoms with Gasteiger partial charge in [0.05, 0.1) is 11.6 Å². The van der Waals surface area contributed by atoms with Crippen LogP contribution in [0.15, 0.2) is 72.8 Å². The van der Waals surface area contributed by atoms with Crippen molar-refractivity contribution in [3.05, 3.63) is 95.1 Å². The molecule has 0 radical (unpaired) electrons. The number of nitrogens with zero attached hydrogens (tertiary/aromatic N) is 2. The van der Waals surface area contributed by atoms with Crippen LogP contribution in [0.2, 0.25) is 0 Å². The van der Waals surface area contributed by atoms with E-state index in [1.165, 1.54) is 22.3 Å². The Morgan fingerprint density at radius 3 is 2.54 bits per heavy atom. The Kier molecular flexibility index (Phi) is 4.56. The van der Waals surface area contributed by atoms with Gasteiger partial charge in [0.25, 0.3) is 0 Å². The predicted octanol–water partition coefficient (Wildman–Crippen LogP) is 5.19. The van der Waals surface area contributed by atoms with Crippen molar-refractivity contribution in [1.29, 1.82) is 5.26 Å². The minimum absolute atomic E-state index is 0.440. The number of benzene rings is 3. The molecule has 0 saturated carbocycles. The molecular formula is C24H22N2. The van der Waals surface area contributed by atoms with Gasteiger partial charge in [0, 0.05) is 12.5 Å². The first kappa shape index (κ1) is 16.6. The molecule has 1 unspecified atom stereocenters. The molecule has 0 fully saturated rings. The number of fused-ring (bicyclic) bond motifs is 1. The second kappa shape index (κ2) is 7.15. The van der Waals surface area contributed by atoms with Crippen molar-refractivity contribution >= 4 is 0 Å². The zero-order chi connectivity index (χ0) is 17.9. The third-order valence-electron chi connectivity index (χ3n) is 5.29. The van der Waals surface area contributed by atoms with Gasteiger partial charge in [-0.25, -0.2) is 0 Å². The molecule has 0 bridgehead atoms. The third-order valence-corrected chi connectivity index (χ3v) is 5.29. The maximum Gasteiger partial charge on any atom is 0.0991 e. The molecule has 1 heterocycles. The molecule has 0 N–H and O–H groups in total. The van der Waals surface area contributed by atoms with Gasteiger partial charge in [0.15, 0.2) is 0 Å². The van der Waals surface area contributed by atoms with E-state index in [1.54, 1.807) is 0 Å². The lowest BCUT2D eigenvalue weighted by molar-refractivity contribution is 0.328. The molecule has 26 heavy (non-hydrogen) atoms. The summed E-state index contributed by atoms with van der Waals surface area (Å²) in [5.41, 5.74) is 7.21. The topological polar surface area (TPSA) is 27.0 Å². The summed E-state index contributed by atoms with van der Waals surface area (Å²) in [6.45, 7) is 2.05. The van der Waals surface area contributed by atoms with Gasteiger partial charge in [-0.3, -0.25) is 0 Å². The highest BCUT2D eigenvalue weighted by atomic mass is 15.1. The predicted molar refractivity (Wildman–Crippen MR) is 106 cm³/mol. The summed E-state index contributed by atoms with van der Waals surface area (Å²) in [4.78, 5) is 2.40. The standard InChI is InChI=1S/C24H22N2/c1-26-13-12-24(19-7-3-2-4-8-19)23-11-10-21(15-22(23)17-26)20-9-5-6-18(14-20)16-25/h2-11,14-15,24H,12-13,17H2,1H3. The van der Waals surface area contributed by atoms with E-state index in [0.717, 1.165) is 25.1 Å². The Labute approximate surface area is 155 Å². The Balaban J connectivity index is 1.79. The minimum atomic E-state index is 0.440. The van der Waals surface area contributed by atoms with Crippen LogP contribution < -0.4 is 0 Å². The van der Waals surface area contributed by atoms with Gasteiger partial charge in [0.1, 0.15) is 0 Å². The third kappa shape index (κ3) is 3.27. The molecular weight excluding hydrogens is 316 g/mol. The van der Waals surface area contributed by atoms with E-state index in [2.05, 4.69) is 72.6 Å². The molecule has 2 heteroatoms. The van der Waals surface area contributed by atoms with Gasteiger partial charge in [0.2, 0.25) is 0 Å². The number of rotatable bonds is 2. The summed E-state index contributed by atoms with van der Waals surface area (Å²) in [7, 11) is 2.19. The molecule has 0 spiro atoms. The maximum absolute atomic E-state index is 9.18. The van der Waals surface area contributed by atoms with E-state index in [9.17, 15) is 5.26 Å². The first-order chi connectivity index (χ1) is 12.7. The van der Waals surface area contributed by atoms with Crippen molar-refractivity contribution < 1.29 is 0 Å². The molecule has 0 aliphatic carbocycles. The van der Waals surface area contributed by atoms with Gasteiger partial charge >= 0.3 is 0 Å². The van der Waals surface area contributed by atoms with Crippen molar-refractivity contribution in [1.82, 2.24) is 4.90 Å². The van der Waals surface area contributed by atoms with Gasteiger partial charge < -0.3 is 4.90 Å². The zero-order valence-corrected chi connectivity index (χ0v) is 15.0. The second-order valence-corrected chi connectivity index (χ2v) is 7.10. The largest absolute Gasteiger partial charge is 0.302 e. The number of hydrogen-bond donors (Lipinski definition) is 0. The average molecular weight is 338 g/mol. The normalized spacial score (nSPS) is 17.2. The van der Waals surface area contributed by atoms with Crippen molar-refractivity contribution in [2.45, 2.75) is 18.9 Å². The summed E-state index contributed by atoms with van der Waals surface area (Å²) in [5, 5.41) is 9.18. The highest BCUT2D eigenvalue weighted by molar-refractivity contribution is 5.67. The van der Waals surface area contributed by atoms with Crippen LogP contribution >= 0.6 is 0 Å². The fourth-order valence-electron chi connectivity index (χ4n) is 3.94. The van der Waals surface area contributed by atoms with E-state index in [-0.39, 0.29) is 0 Å². The van der Waals surface area contributed by atoms with Crippen LogP contribution in [0.5, 0.6) is 0 Å². The smallest absolute Gasteiger partial charge is 0.0991 e. The number of nitriles is 1. The van der Waals surface area contributed by atoms with Gasteiger partial charge in [-0.15, -0.1) is 0 Å². The molecule has 0 aromatic heterocycles. The Morgan fingerprint density at radius 2 is 1.73 bits per heavy atom. The SMILES string of the molecule is CN1CCC(c2ccccc2)c2ccc(-c3cccc(C#N)c3)cc2C1. The quantitative estimate of drug-likeness (QED) is 0.643. The molecule has 1 aliphatic heterocycles. The molecule has 2 nitrogen and oxygen atoms in total. The summed E-state index contributed by atoms with van der Waals surface area (Å²) in [5.74, 6) is 0.440. The lowest BCUT2D eigenvalue weighted by Gasteiger charge is -2.18. The molecule has 3 aromatic rings. The molecule has 1 aliphatic rings. The van der Waals surface area contributed by atoms with Crippen LogP contribution in [-0.2, 0) is 6.54 Å². The maximum atomic E-state index is 9.18. The molecule has 1 atom stereocenters. The Bertz CT molecular complexity index is 953. The van der Waals surface area contributed by atoms with Crippen molar-refractivity contribution in [3.8, 4) is 17.2 Å². The van der Waals surface area contributed by atoms with Crippen LogP contribution in [0.1, 0.15) is 34.6 Å². The molecule has 0 amide bonds. The van der Waals surface area contributed by atoms with Crippen molar-refractivity contribution in [2.75, 3.05) is 13.6 Å². The van der Waals surface area contributed by atoms with Gasteiger partial charge in [-0.1, -0.05) is 54.6 Å². The summed E-state index contributed by atoms with van der Waals surface area (Å²) < 4.78 is 0. The van der Waals surface area contributed by atoms with E-state index in [4.69, 9.17) is 0 Å². The number of hydrogen-bond acceptors (Lipinski definition) is 2. The molecule has 3 aromatic carbocycles. The van der Waals surface area contributed by atoms with Crippen molar-refractivity contribution in [2.24, 2.45) is 0 Å². The Morgan fingerprint density at radius 1 is 0.923 bits per heavy atom. The lowest BCUT2D eigenvalue weighted by Crippen LogP contribution is -2.17. The highest BCUT2D eigenvalue weighted by Gasteiger charge is 2.22. The molecule has 4 rings (SSSR count). The molecule has 128 valence electrons. The van der Waals surface area contributed by atoms with Gasteiger partial charge in [-0.2, -0.15) is 5.26 Å². The van der Waals surface area contributed by atoms with Crippen LogP contribution in [0.3, 0.4) is 0 Å². The zero-order valence-electron chi connectivity index (χ0n) is 15.0. The van der Waals surface area contributed by atoms with Crippen LogP contribution in [0.25, 0.3) is 11.1 Å². The van der Waals surface area contributed by atoms with Gasteiger partial charge in [-0.05, 0) is 66.0 Å². The van der Waals surface area contributed by atoms with Crippen LogP contribution in [-0.4, -0.2) is 18.5 Å². The second-order valence-electron chi connectivity index (χ2n) is 7.10. The van der Waals surface area contributed by atoms with Crippen LogP contribution in [0.4, 0.5) is 0 Å². The average Bonchev–Trinajstić information content (AvgIpc) is 2.86. The Hall–Kier alpha value is -2.89.